The Kier molecular flexibility index (Phi) is 5.86. The zero-order valence-electron chi connectivity index (χ0n) is 10.00. The quantitative estimate of drug-likeness (QED) is 0.813. The number of rotatable bonds is 5. The third-order valence-electron chi connectivity index (χ3n) is 2.22. The van der Waals surface area contributed by atoms with Crippen LogP contribution in [0.15, 0.2) is 11.1 Å². The van der Waals surface area contributed by atoms with Gasteiger partial charge in [-0.2, -0.15) is 0 Å². The maximum atomic E-state index is 9.47. The molecule has 6 heteroatoms. The predicted octanol–water partition coefficient (Wildman–Crippen LogP) is 3.68. The van der Waals surface area contributed by atoms with Gasteiger partial charge in [0.05, 0.1) is 16.1 Å². The van der Waals surface area contributed by atoms with E-state index in [9.17, 15) is 5.11 Å². The first-order valence-electron chi connectivity index (χ1n) is 5.40. The van der Waals surface area contributed by atoms with Gasteiger partial charge in [-0.15, -0.1) is 0 Å². The summed E-state index contributed by atoms with van der Waals surface area (Å²) in [4.78, 5) is 4.36. The molecule has 0 spiro atoms. The van der Waals surface area contributed by atoms with Crippen LogP contribution in [-0.4, -0.2) is 28.0 Å². The number of pyridine rings is 1. The minimum absolute atomic E-state index is 0.0238. The zero-order chi connectivity index (χ0) is 13.0. The van der Waals surface area contributed by atoms with Crippen molar-refractivity contribution < 1.29 is 5.11 Å². The number of anilines is 1. The first-order chi connectivity index (χ1) is 7.95. The summed E-state index contributed by atoms with van der Waals surface area (Å²) >= 11 is 13.5. The molecule has 0 saturated carbocycles. The normalized spacial score (nSPS) is 14.5. The summed E-state index contributed by atoms with van der Waals surface area (Å²) in [6, 6.07) is 1.67. The van der Waals surface area contributed by atoms with Crippen LogP contribution in [0.3, 0.4) is 0 Å². The van der Waals surface area contributed by atoms with Gasteiger partial charge in [-0.1, -0.05) is 41.9 Å². The zero-order valence-corrected chi connectivity index (χ0v) is 12.3. The van der Waals surface area contributed by atoms with Gasteiger partial charge in [-0.25, -0.2) is 4.98 Å². The molecule has 0 aliphatic heterocycles. The molecule has 96 valence electrons. The molecule has 0 amide bonds. The number of nitrogens with zero attached hydrogens (tertiary/aromatic N) is 1. The Balaban J connectivity index is 2.95. The van der Waals surface area contributed by atoms with Gasteiger partial charge in [0.25, 0.3) is 0 Å². The predicted molar refractivity (Wildman–Crippen MR) is 75.4 cm³/mol. The van der Waals surface area contributed by atoms with E-state index in [4.69, 9.17) is 23.2 Å². The molecule has 1 aromatic rings. The van der Waals surface area contributed by atoms with E-state index in [-0.39, 0.29) is 5.25 Å². The molecule has 0 radical (unpaired) electrons. The first kappa shape index (κ1) is 14.9. The highest BCUT2D eigenvalue weighted by Gasteiger charge is 2.15. The molecule has 2 N–H and O–H groups in total. The van der Waals surface area contributed by atoms with Crippen molar-refractivity contribution in [2.45, 2.75) is 37.2 Å². The Hall–Kier alpha value is -0.160. The van der Waals surface area contributed by atoms with Crippen molar-refractivity contribution in [3.63, 3.8) is 0 Å². The number of hydrogen-bond acceptors (Lipinski definition) is 4. The van der Waals surface area contributed by atoms with Crippen LogP contribution in [0.2, 0.25) is 10.0 Å². The van der Waals surface area contributed by atoms with Gasteiger partial charge < -0.3 is 10.4 Å². The summed E-state index contributed by atoms with van der Waals surface area (Å²) in [6.07, 6.45) is -0.420. The maximum absolute atomic E-state index is 9.47. The van der Waals surface area contributed by atoms with E-state index in [0.29, 0.717) is 20.9 Å². The van der Waals surface area contributed by atoms with Crippen molar-refractivity contribution in [3.05, 3.63) is 16.1 Å². The topological polar surface area (TPSA) is 45.2 Å². The highest BCUT2D eigenvalue weighted by Crippen LogP contribution is 2.34. The Morgan fingerprint density at radius 2 is 2.06 bits per heavy atom. The average Bonchev–Trinajstić information content (AvgIpc) is 2.24. The molecular weight excluding hydrogens is 279 g/mol. The lowest BCUT2D eigenvalue weighted by Crippen LogP contribution is -2.15. The van der Waals surface area contributed by atoms with E-state index in [1.54, 1.807) is 13.0 Å². The molecule has 1 rings (SSSR count). The first-order valence-corrected chi connectivity index (χ1v) is 7.03. The monoisotopic (exact) mass is 294 g/mol. The van der Waals surface area contributed by atoms with Gasteiger partial charge in [0.15, 0.2) is 0 Å². The number of aliphatic hydroxyl groups excluding tert-OH is 1. The summed E-state index contributed by atoms with van der Waals surface area (Å²) in [5.74, 6) is 0.624. The second-order valence-electron chi connectivity index (χ2n) is 3.70. The van der Waals surface area contributed by atoms with Crippen molar-refractivity contribution in [1.29, 1.82) is 0 Å². The van der Waals surface area contributed by atoms with Gasteiger partial charge in [-0.3, -0.25) is 0 Å². The van der Waals surface area contributed by atoms with Crippen molar-refractivity contribution >= 4 is 40.8 Å². The standard InChI is InChI=1S/C11H16Cl2N2OS/c1-4-14-10-8(12)5-9(13)11(15-10)17-7(3)6(2)16/h5-7,16H,4H2,1-3H3,(H,14,15). The smallest absolute Gasteiger partial charge is 0.146 e. The Bertz CT molecular complexity index is 388. The Morgan fingerprint density at radius 1 is 1.41 bits per heavy atom. The lowest BCUT2D eigenvalue weighted by molar-refractivity contribution is 0.196. The fourth-order valence-electron chi connectivity index (χ4n) is 1.10. The number of nitrogens with one attached hydrogen (secondary N) is 1. The number of thioether (sulfide) groups is 1. The van der Waals surface area contributed by atoms with Crippen molar-refractivity contribution in [1.82, 2.24) is 4.98 Å². The average molecular weight is 295 g/mol. The summed E-state index contributed by atoms with van der Waals surface area (Å²) in [6.45, 7) is 6.38. The molecule has 0 aliphatic carbocycles. The van der Waals surface area contributed by atoms with Crippen LogP contribution in [0.1, 0.15) is 20.8 Å². The van der Waals surface area contributed by atoms with Crippen LogP contribution in [0.5, 0.6) is 0 Å². The summed E-state index contributed by atoms with van der Waals surface area (Å²) in [7, 11) is 0. The van der Waals surface area contributed by atoms with Crippen LogP contribution in [0.4, 0.5) is 5.82 Å². The maximum Gasteiger partial charge on any atom is 0.146 e. The minimum atomic E-state index is -0.420. The molecule has 0 saturated heterocycles. The van der Waals surface area contributed by atoms with Crippen molar-refractivity contribution in [2.75, 3.05) is 11.9 Å². The lowest BCUT2D eigenvalue weighted by Gasteiger charge is -2.15. The van der Waals surface area contributed by atoms with E-state index in [2.05, 4.69) is 10.3 Å². The molecule has 17 heavy (non-hydrogen) atoms. The molecule has 0 bridgehead atoms. The van der Waals surface area contributed by atoms with Crippen molar-refractivity contribution in [3.8, 4) is 0 Å². The molecule has 1 heterocycles. The van der Waals surface area contributed by atoms with Gasteiger partial charge in [0.1, 0.15) is 10.8 Å². The SMILES string of the molecule is CCNc1nc(SC(C)C(C)O)c(Cl)cc1Cl. The fraction of sp³-hybridized carbons (Fsp3) is 0.545. The second-order valence-corrected chi connectivity index (χ2v) is 5.88. The van der Waals surface area contributed by atoms with E-state index >= 15 is 0 Å². The van der Waals surface area contributed by atoms with Crippen LogP contribution in [-0.2, 0) is 0 Å². The number of hydrogen-bond donors (Lipinski definition) is 2. The van der Waals surface area contributed by atoms with Crippen molar-refractivity contribution in [2.24, 2.45) is 0 Å². The van der Waals surface area contributed by atoms with E-state index in [1.165, 1.54) is 11.8 Å². The van der Waals surface area contributed by atoms with Crippen LogP contribution >= 0.6 is 35.0 Å². The van der Waals surface area contributed by atoms with E-state index in [0.717, 1.165) is 6.54 Å². The summed E-state index contributed by atoms with van der Waals surface area (Å²) < 4.78 is 0. The molecular formula is C11H16Cl2N2OS. The van der Waals surface area contributed by atoms with Crippen LogP contribution in [0, 0.1) is 0 Å². The highest BCUT2D eigenvalue weighted by molar-refractivity contribution is 8.00. The molecule has 0 aliphatic rings. The van der Waals surface area contributed by atoms with Gasteiger partial charge in [0, 0.05) is 11.8 Å². The molecule has 0 aromatic carbocycles. The molecule has 2 unspecified atom stereocenters. The van der Waals surface area contributed by atoms with Crippen LogP contribution in [0.25, 0.3) is 0 Å². The number of aromatic nitrogens is 1. The molecule has 2 atom stereocenters. The van der Waals surface area contributed by atoms with E-state index < -0.39 is 6.10 Å². The molecule has 0 fully saturated rings. The van der Waals surface area contributed by atoms with Gasteiger partial charge in [-0.05, 0) is 19.9 Å². The third-order valence-corrected chi connectivity index (χ3v) is 4.21. The summed E-state index contributed by atoms with van der Waals surface area (Å²) in [5, 5.41) is 14.3. The third kappa shape index (κ3) is 4.21. The lowest BCUT2D eigenvalue weighted by atomic mass is 10.3. The van der Waals surface area contributed by atoms with E-state index in [1.807, 2.05) is 13.8 Å². The number of halogens is 2. The van der Waals surface area contributed by atoms with Gasteiger partial charge in [0.2, 0.25) is 0 Å². The molecule has 1 aromatic heterocycles. The second kappa shape index (κ2) is 6.69. The van der Waals surface area contributed by atoms with Gasteiger partial charge >= 0.3 is 0 Å². The Morgan fingerprint density at radius 3 is 2.59 bits per heavy atom. The van der Waals surface area contributed by atoms with Crippen LogP contribution < -0.4 is 5.32 Å². The number of aliphatic hydroxyl groups is 1. The Labute approximate surface area is 116 Å². The molecule has 3 nitrogen and oxygen atoms in total. The summed E-state index contributed by atoms with van der Waals surface area (Å²) in [5.41, 5.74) is 0. The fourth-order valence-corrected chi connectivity index (χ4v) is 2.52. The minimum Gasteiger partial charge on any atom is -0.392 e. The highest BCUT2D eigenvalue weighted by atomic mass is 35.5. The largest absolute Gasteiger partial charge is 0.392 e.